The number of nitrogens with zero attached hydrogens (tertiary/aromatic N) is 1. The van der Waals surface area contributed by atoms with Crippen molar-refractivity contribution in [2.45, 2.75) is 76.1 Å². The number of aryl methyl sites for hydroxylation is 1. The minimum atomic E-state index is -1.61. The Morgan fingerprint density at radius 3 is 2.26 bits per heavy atom. The fourth-order valence-electron chi connectivity index (χ4n) is 3.46. The molecule has 0 aliphatic rings. The van der Waals surface area contributed by atoms with Crippen molar-refractivity contribution >= 4 is 12.6 Å². The molecular weight excluding hydrogens is 418 g/mol. The number of rotatable bonds is 17. The smallest absolute Gasteiger partial charge is 0.119 e. The lowest BCUT2D eigenvalue weighted by atomic mass is 10.0. The molecule has 0 saturated carbocycles. The number of unbranched alkanes of at least 4 members (excludes halogenated alkanes) is 3. The van der Waals surface area contributed by atoms with Gasteiger partial charge in [0.15, 0.2) is 0 Å². The van der Waals surface area contributed by atoms with Crippen LogP contribution in [0.3, 0.4) is 0 Å². The van der Waals surface area contributed by atoms with Gasteiger partial charge in [0.1, 0.15) is 30.7 Å². The lowest BCUT2D eigenvalue weighted by Crippen LogP contribution is -2.50. The lowest BCUT2D eigenvalue weighted by Gasteiger charge is -2.30. The van der Waals surface area contributed by atoms with Gasteiger partial charge in [-0.2, -0.15) is 12.6 Å². The maximum absolute atomic E-state index is 10.4. The van der Waals surface area contributed by atoms with Crippen LogP contribution in [-0.2, 0) is 12.2 Å². The third kappa shape index (κ3) is 10.1. The van der Waals surface area contributed by atoms with Gasteiger partial charge >= 0.3 is 0 Å². The van der Waals surface area contributed by atoms with Crippen LogP contribution in [0.5, 0.6) is 5.75 Å². The molecule has 0 spiro atoms. The molecule has 0 radical (unpaired) electrons. The van der Waals surface area contributed by atoms with Gasteiger partial charge in [-0.15, -0.1) is 0 Å². The zero-order chi connectivity index (χ0) is 23.2. The second-order valence-electron chi connectivity index (χ2n) is 7.95. The van der Waals surface area contributed by atoms with Crippen molar-refractivity contribution < 1.29 is 30.3 Å². The van der Waals surface area contributed by atoms with Crippen LogP contribution in [0.4, 0.5) is 0 Å². The van der Waals surface area contributed by atoms with E-state index in [0.29, 0.717) is 18.9 Å². The minimum Gasteiger partial charge on any atom is -0.492 e. The summed E-state index contributed by atoms with van der Waals surface area (Å²) in [6.45, 7) is 5.37. The second-order valence-corrected chi connectivity index (χ2v) is 8.27. The van der Waals surface area contributed by atoms with Crippen molar-refractivity contribution in [2.75, 3.05) is 32.8 Å². The van der Waals surface area contributed by atoms with Gasteiger partial charge in [-0.05, 0) is 42.6 Å². The molecule has 0 aromatic heterocycles. The second kappa shape index (κ2) is 15.9. The zero-order valence-corrected chi connectivity index (χ0v) is 19.8. The van der Waals surface area contributed by atoms with E-state index >= 15 is 0 Å². The summed E-state index contributed by atoms with van der Waals surface area (Å²) >= 11 is 4.36. The molecule has 180 valence electrons. The average Bonchev–Trinajstić information content (AvgIpc) is 2.79. The van der Waals surface area contributed by atoms with Gasteiger partial charge in [-0.1, -0.05) is 39.2 Å². The summed E-state index contributed by atoms with van der Waals surface area (Å²) in [5.74, 6) is 1.47. The van der Waals surface area contributed by atoms with Crippen LogP contribution in [0.15, 0.2) is 18.2 Å². The minimum absolute atomic E-state index is 0.130. The maximum Gasteiger partial charge on any atom is 0.119 e. The van der Waals surface area contributed by atoms with Crippen LogP contribution in [-0.4, -0.2) is 87.7 Å². The molecule has 1 rings (SSSR count). The normalized spacial score (nSPS) is 15.6. The third-order valence-corrected chi connectivity index (χ3v) is 5.84. The monoisotopic (exact) mass is 459 g/mol. The highest BCUT2D eigenvalue weighted by Gasteiger charge is 2.31. The summed E-state index contributed by atoms with van der Waals surface area (Å²) in [7, 11) is 0. The van der Waals surface area contributed by atoms with Crippen LogP contribution in [0.25, 0.3) is 0 Å². The standard InChI is InChI=1S/C23H41NO6S/c1-3-5-6-7-10-24(14-20(26)22(28)23(29)21(27)15-25)11-12-30-19-9-8-18(16-31)17(4-2)13-19/h8-9,13,20-23,25-29,31H,3-7,10-12,14-16H2,1-2H3/t20-,21+,22+,23+/m0/s1. The molecule has 0 fully saturated rings. The highest BCUT2D eigenvalue weighted by Crippen LogP contribution is 2.20. The molecule has 0 heterocycles. The van der Waals surface area contributed by atoms with Gasteiger partial charge in [-0.25, -0.2) is 0 Å². The van der Waals surface area contributed by atoms with Crippen molar-refractivity contribution in [3.63, 3.8) is 0 Å². The van der Waals surface area contributed by atoms with Crippen molar-refractivity contribution in [1.29, 1.82) is 0 Å². The zero-order valence-electron chi connectivity index (χ0n) is 18.9. The van der Waals surface area contributed by atoms with E-state index in [1.165, 1.54) is 11.1 Å². The Labute approximate surface area is 192 Å². The molecule has 0 amide bonds. The molecule has 5 N–H and O–H groups in total. The van der Waals surface area contributed by atoms with E-state index in [2.05, 4.69) is 26.5 Å². The highest BCUT2D eigenvalue weighted by atomic mass is 32.1. The molecule has 8 heteroatoms. The van der Waals surface area contributed by atoms with E-state index in [9.17, 15) is 20.4 Å². The molecule has 0 aliphatic carbocycles. The SMILES string of the molecule is CCCCCCN(CCOc1ccc(CS)c(CC)c1)C[C@H](O)[C@@H](O)[C@H](O)[C@H](O)CO. The van der Waals surface area contributed by atoms with E-state index in [1.54, 1.807) is 0 Å². The number of benzene rings is 1. The van der Waals surface area contributed by atoms with E-state index in [1.807, 2.05) is 23.1 Å². The molecule has 0 aliphatic heterocycles. The summed E-state index contributed by atoms with van der Waals surface area (Å²) in [6, 6.07) is 5.99. The summed E-state index contributed by atoms with van der Waals surface area (Å²) in [6.07, 6.45) is -0.742. The molecule has 0 saturated heterocycles. The fraction of sp³-hybridized carbons (Fsp3) is 0.739. The van der Waals surface area contributed by atoms with Gasteiger partial charge in [0, 0.05) is 18.8 Å². The van der Waals surface area contributed by atoms with Crippen LogP contribution in [0, 0.1) is 0 Å². The summed E-state index contributed by atoms with van der Waals surface area (Å²) in [4.78, 5) is 1.99. The Morgan fingerprint density at radius 1 is 0.935 bits per heavy atom. The molecule has 0 unspecified atom stereocenters. The quantitative estimate of drug-likeness (QED) is 0.154. The topological polar surface area (TPSA) is 114 Å². The van der Waals surface area contributed by atoms with Crippen molar-refractivity contribution in [3.8, 4) is 5.75 Å². The summed E-state index contributed by atoms with van der Waals surface area (Å²) in [5, 5.41) is 48.8. The molecule has 31 heavy (non-hydrogen) atoms. The van der Waals surface area contributed by atoms with Crippen molar-refractivity contribution in [2.24, 2.45) is 0 Å². The third-order valence-electron chi connectivity index (χ3n) is 5.50. The van der Waals surface area contributed by atoms with Crippen LogP contribution in [0.2, 0.25) is 0 Å². The number of aliphatic hydroxyl groups excluding tert-OH is 5. The molecular formula is C23H41NO6S. The summed E-state index contributed by atoms with van der Waals surface area (Å²) in [5.41, 5.74) is 2.40. The molecule has 0 bridgehead atoms. The van der Waals surface area contributed by atoms with Gasteiger partial charge in [-0.3, -0.25) is 4.90 Å². The summed E-state index contributed by atoms with van der Waals surface area (Å²) < 4.78 is 5.92. The van der Waals surface area contributed by atoms with Crippen molar-refractivity contribution in [3.05, 3.63) is 29.3 Å². The number of thiol groups is 1. The van der Waals surface area contributed by atoms with Gasteiger partial charge in [0.25, 0.3) is 0 Å². The Hall–Kier alpha value is -0.870. The number of hydrogen-bond donors (Lipinski definition) is 6. The molecule has 1 aromatic rings. The largest absolute Gasteiger partial charge is 0.492 e. The Morgan fingerprint density at radius 2 is 1.65 bits per heavy atom. The van der Waals surface area contributed by atoms with Gasteiger partial charge < -0.3 is 30.3 Å². The van der Waals surface area contributed by atoms with E-state index < -0.39 is 31.0 Å². The predicted molar refractivity (Wildman–Crippen MR) is 126 cm³/mol. The molecule has 7 nitrogen and oxygen atoms in total. The Bertz CT molecular complexity index is 605. The van der Waals surface area contributed by atoms with Gasteiger partial charge in [0.05, 0.1) is 12.7 Å². The lowest BCUT2D eigenvalue weighted by molar-refractivity contribution is -0.119. The first-order valence-corrected chi connectivity index (χ1v) is 11.9. The van der Waals surface area contributed by atoms with Crippen molar-refractivity contribution in [1.82, 2.24) is 4.90 Å². The van der Waals surface area contributed by atoms with E-state index in [-0.39, 0.29) is 6.54 Å². The number of ether oxygens (including phenoxy) is 1. The van der Waals surface area contributed by atoms with Crippen LogP contribution >= 0.6 is 12.6 Å². The Kier molecular flexibility index (Phi) is 14.4. The Balaban J connectivity index is 2.66. The van der Waals surface area contributed by atoms with Crippen LogP contribution in [0.1, 0.15) is 50.7 Å². The highest BCUT2D eigenvalue weighted by molar-refractivity contribution is 7.79. The average molecular weight is 460 g/mol. The first kappa shape index (κ1) is 28.2. The maximum atomic E-state index is 10.4. The first-order chi connectivity index (χ1) is 14.9. The fourth-order valence-corrected chi connectivity index (χ4v) is 3.77. The molecule has 4 atom stereocenters. The first-order valence-electron chi connectivity index (χ1n) is 11.3. The number of aliphatic hydroxyl groups is 5. The van der Waals surface area contributed by atoms with Gasteiger partial charge in [0.2, 0.25) is 0 Å². The van der Waals surface area contributed by atoms with E-state index in [0.717, 1.165) is 44.4 Å². The van der Waals surface area contributed by atoms with E-state index in [4.69, 9.17) is 9.84 Å². The molecule has 1 aromatic carbocycles. The van der Waals surface area contributed by atoms with Crippen LogP contribution < -0.4 is 4.74 Å². The predicted octanol–water partition coefficient (Wildman–Crippen LogP) is 1.38. The number of hydrogen-bond acceptors (Lipinski definition) is 8.